The van der Waals surface area contributed by atoms with Crippen molar-refractivity contribution in [1.29, 1.82) is 0 Å². The molecule has 1 saturated heterocycles. The first-order chi connectivity index (χ1) is 16.3. The molecular formula is C25H33N3O6. The van der Waals surface area contributed by atoms with Crippen LogP contribution >= 0.6 is 0 Å². The van der Waals surface area contributed by atoms with Gasteiger partial charge in [-0.2, -0.15) is 0 Å². The summed E-state index contributed by atoms with van der Waals surface area (Å²) in [5, 5.41) is 16.7. The van der Waals surface area contributed by atoms with E-state index in [1.807, 2.05) is 20.8 Å². The molecule has 34 heavy (non-hydrogen) atoms. The fraction of sp³-hybridized carbons (Fsp3) is 0.480. The van der Waals surface area contributed by atoms with Gasteiger partial charge in [-0.25, -0.2) is 0 Å². The molecule has 3 N–H and O–H groups in total. The van der Waals surface area contributed by atoms with Gasteiger partial charge in [0.1, 0.15) is 18.0 Å². The molecule has 0 aliphatic carbocycles. The van der Waals surface area contributed by atoms with Crippen LogP contribution in [0.4, 0.5) is 17.1 Å². The molecule has 184 valence electrons. The van der Waals surface area contributed by atoms with Crippen molar-refractivity contribution in [2.24, 2.45) is 0 Å². The molecule has 0 saturated carbocycles. The number of para-hydroxylation sites is 1. The van der Waals surface area contributed by atoms with Crippen LogP contribution in [0.25, 0.3) is 0 Å². The Kier molecular flexibility index (Phi) is 8.33. The number of carbonyl (C=O) groups is 1. The Balaban J connectivity index is 1.76. The summed E-state index contributed by atoms with van der Waals surface area (Å²) in [6, 6.07) is 4.50. The summed E-state index contributed by atoms with van der Waals surface area (Å²) in [4.78, 5) is 39.0. The number of nitrogens with one attached hydrogen (secondary N) is 2. The molecule has 0 radical (unpaired) electrons. The van der Waals surface area contributed by atoms with E-state index in [-0.39, 0.29) is 40.3 Å². The van der Waals surface area contributed by atoms with E-state index in [1.54, 1.807) is 17.0 Å². The number of rotatable bonds is 10. The van der Waals surface area contributed by atoms with E-state index in [1.165, 1.54) is 6.07 Å². The van der Waals surface area contributed by atoms with E-state index in [4.69, 9.17) is 9.47 Å². The Morgan fingerprint density at radius 2 is 1.82 bits per heavy atom. The van der Waals surface area contributed by atoms with Crippen LogP contribution in [0.2, 0.25) is 0 Å². The number of benzene rings is 1. The monoisotopic (exact) mass is 471 g/mol. The van der Waals surface area contributed by atoms with Crippen LogP contribution in [0.5, 0.6) is 5.75 Å². The third-order valence-electron chi connectivity index (χ3n) is 6.21. The highest BCUT2D eigenvalue weighted by atomic mass is 16.5. The Labute approximate surface area is 199 Å². The molecule has 3 rings (SSSR count). The highest BCUT2D eigenvalue weighted by molar-refractivity contribution is 5.99. The van der Waals surface area contributed by atoms with Gasteiger partial charge in [-0.05, 0) is 44.4 Å². The Morgan fingerprint density at radius 1 is 1.15 bits per heavy atom. The van der Waals surface area contributed by atoms with Gasteiger partial charge in [-0.1, -0.05) is 19.9 Å². The summed E-state index contributed by atoms with van der Waals surface area (Å²) in [6.07, 6.45) is 1.56. The summed E-state index contributed by atoms with van der Waals surface area (Å²) >= 11 is 0. The Bertz CT molecular complexity index is 1130. The first-order valence-corrected chi connectivity index (χ1v) is 11.6. The minimum Gasteiger partial charge on any atom is -0.505 e. The van der Waals surface area contributed by atoms with Crippen molar-refractivity contribution in [3.05, 3.63) is 55.5 Å². The van der Waals surface area contributed by atoms with Crippen molar-refractivity contribution in [3.63, 3.8) is 0 Å². The number of nitrogens with zero attached hydrogens (tertiary/aromatic N) is 1. The fourth-order valence-electron chi connectivity index (χ4n) is 3.60. The highest BCUT2D eigenvalue weighted by Gasteiger charge is 2.26. The fourth-order valence-corrected chi connectivity index (χ4v) is 3.60. The van der Waals surface area contributed by atoms with E-state index in [2.05, 4.69) is 17.6 Å². The summed E-state index contributed by atoms with van der Waals surface area (Å²) in [6.45, 7) is 10.0. The van der Waals surface area contributed by atoms with Crippen LogP contribution in [-0.4, -0.2) is 54.9 Å². The van der Waals surface area contributed by atoms with Gasteiger partial charge < -0.3 is 30.1 Å². The number of hydrogen-bond acceptors (Lipinski definition) is 8. The number of aromatic hydroxyl groups is 1. The van der Waals surface area contributed by atoms with E-state index in [9.17, 15) is 19.5 Å². The minimum absolute atomic E-state index is 0.0618. The maximum atomic E-state index is 12.8. The Morgan fingerprint density at radius 3 is 2.47 bits per heavy atom. The van der Waals surface area contributed by atoms with Gasteiger partial charge in [0, 0.05) is 13.1 Å². The van der Waals surface area contributed by atoms with Crippen LogP contribution < -0.4 is 21.5 Å². The summed E-state index contributed by atoms with van der Waals surface area (Å²) < 4.78 is 11.1. The molecular weight excluding hydrogens is 438 g/mol. The van der Waals surface area contributed by atoms with Crippen molar-refractivity contribution in [2.45, 2.75) is 46.6 Å². The van der Waals surface area contributed by atoms with Gasteiger partial charge >= 0.3 is 0 Å². The van der Waals surface area contributed by atoms with E-state index < -0.39 is 10.9 Å². The van der Waals surface area contributed by atoms with Crippen LogP contribution in [0.1, 0.15) is 50.9 Å². The molecule has 1 heterocycles. The van der Waals surface area contributed by atoms with Crippen LogP contribution in [0, 0.1) is 0 Å². The molecule has 0 spiro atoms. The van der Waals surface area contributed by atoms with Crippen LogP contribution in [0.3, 0.4) is 0 Å². The molecule has 0 aromatic heterocycles. The predicted molar refractivity (Wildman–Crippen MR) is 132 cm³/mol. The zero-order chi connectivity index (χ0) is 24.8. The number of hydrogen-bond donors (Lipinski definition) is 3. The summed E-state index contributed by atoms with van der Waals surface area (Å²) in [5.74, 6) is 0.253. The quantitative estimate of drug-likeness (QED) is 0.275. The zero-order valence-electron chi connectivity index (χ0n) is 20.2. The molecule has 9 heteroatoms. The van der Waals surface area contributed by atoms with Crippen LogP contribution in [0.15, 0.2) is 39.1 Å². The maximum Gasteiger partial charge on any atom is 0.257 e. The highest BCUT2D eigenvalue weighted by Crippen LogP contribution is 2.32. The van der Waals surface area contributed by atoms with Crippen molar-refractivity contribution >= 4 is 23.0 Å². The number of phenolic OH excluding ortho intramolecular Hbond substituents is 1. The van der Waals surface area contributed by atoms with Crippen molar-refractivity contribution < 1.29 is 19.4 Å². The average Bonchev–Trinajstić information content (AvgIpc) is 2.87. The van der Waals surface area contributed by atoms with Crippen molar-refractivity contribution in [3.8, 4) is 5.75 Å². The number of anilines is 3. The predicted octanol–water partition coefficient (Wildman–Crippen LogP) is 3.12. The molecule has 1 fully saturated rings. The molecule has 9 nitrogen and oxygen atoms in total. The maximum absolute atomic E-state index is 12.8. The smallest absolute Gasteiger partial charge is 0.257 e. The number of morpholine rings is 1. The SMILES string of the molecule is CC/C(C)=C(/C)OC[C@@H](CC)Nc1c(Nc2cccc(C(=O)N3CCOCC3)c2O)c(=O)c1=O. The van der Waals surface area contributed by atoms with Crippen molar-refractivity contribution in [2.75, 3.05) is 43.5 Å². The summed E-state index contributed by atoms with van der Waals surface area (Å²) in [7, 11) is 0. The third-order valence-corrected chi connectivity index (χ3v) is 6.21. The lowest BCUT2D eigenvalue weighted by molar-refractivity contribution is 0.0301. The lowest BCUT2D eigenvalue weighted by Gasteiger charge is -2.27. The molecule has 0 unspecified atom stereocenters. The molecule has 1 aliphatic rings. The van der Waals surface area contributed by atoms with Gasteiger partial charge in [0.25, 0.3) is 16.8 Å². The second-order valence-electron chi connectivity index (χ2n) is 8.39. The second kappa shape index (κ2) is 11.2. The number of ether oxygens (including phenoxy) is 2. The second-order valence-corrected chi connectivity index (χ2v) is 8.39. The van der Waals surface area contributed by atoms with Crippen molar-refractivity contribution in [1.82, 2.24) is 4.90 Å². The molecule has 1 atom stereocenters. The summed E-state index contributed by atoms with van der Waals surface area (Å²) in [5.41, 5.74) is 0.349. The lowest BCUT2D eigenvalue weighted by Crippen LogP contribution is -2.41. The molecule has 1 amide bonds. The van der Waals surface area contributed by atoms with Crippen LogP contribution in [-0.2, 0) is 9.47 Å². The minimum atomic E-state index is -0.680. The van der Waals surface area contributed by atoms with Gasteiger partial charge in [0.2, 0.25) is 0 Å². The number of amides is 1. The van der Waals surface area contributed by atoms with Gasteiger partial charge in [0.15, 0.2) is 5.75 Å². The van der Waals surface area contributed by atoms with E-state index >= 15 is 0 Å². The zero-order valence-corrected chi connectivity index (χ0v) is 20.2. The van der Waals surface area contributed by atoms with E-state index in [0.29, 0.717) is 39.3 Å². The molecule has 2 aromatic rings. The van der Waals surface area contributed by atoms with Gasteiger partial charge in [-0.15, -0.1) is 0 Å². The average molecular weight is 472 g/mol. The number of carbonyl (C=O) groups excluding carboxylic acids is 1. The largest absolute Gasteiger partial charge is 0.505 e. The van der Waals surface area contributed by atoms with E-state index in [0.717, 1.165) is 17.8 Å². The lowest BCUT2D eigenvalue weighted by atomic mass is 10.1. The molecule has 0 bridgehead atoms. The first kappa shape index (κ1) is 25.3. The first-order valence-electron chi connectivity index (χ1n) is 11.6. The van der Waals surface area contributed by atoms with Gasteiger partial charge in [-0.3, -0.25) is 14.4 Å². The molecule has 1 aliphatic heterocycles. The number of phenols is 1. The Hall–Kier alpha value is -3.33. The number of allylic oxidation sites excluding steroid dienone is 2. The van der Waals surface area contributed by atoms with Gasteiger partial charge in [0.05, 0.1) is 36.3 Å². The topological polar surface area (TPSA) is 117 Å². The normalized spacial score (nSPS) is 15.6. The third kappa shape index (κ3) is 5.41. The molecule has 2 aromatic carbocycles. The standard InChI is InChI=1S/C25H33N3O6/c1-5-15(3)16(4)34-14-17(6-2)26-20-21(24(31)23(20)30)27-19-9-7-8-18(22(19)29)25(32)28-10-12-33-13-11-28/h7-9,17,26-27,29H,5-6,10-14H2,1-4H3/b16-15-/t17-/m1/s1.